The molecule has 0 spiro atoms. The van der Waals surface area contributed by atoms with Gasteiger partial charge in [0.05, 0.1) is 11.3 Å². The summed E-state index contributed by atoms with van der Waals surface area (Å²) in [5.74, 6) is 0.0478. The molecular weight excluding hydrogens is 471 g/mol. The van der Waals surface area contributed by atoms with Crippen molar-refractivity contribution < 1.29 is 17.9 Å². The fourth-order valence-electron chi connectivity index (χ4n) is 2.90. The van der Waals surface area contributed by atoms with Crippen molar-refractivity contribution >= 4 is 39.1 Å². The van der Waals surface area contributed by atoms with Crippen molar-refractivity contribution in [2.45, 2.75) is 18.9 Å². The Morgan fingerprint density at radius 3 is 2.34 bits per heavy atom. The fraction of sp³-hybridized carbons (Fsp3) is 0.174. The normalized spacial score (nSPS) is 11.2. The summed E-state index contributed by atoms with van der Waals surface area (Å²) in [5, 5.41) is 3.89. The molecule has 9 heteroatoms. The number of para-hydroxylation sites is 1. The molecule has 3 aromatic rings. The average Bonchev–Trinajstić information content (AvgIpc) is 2.78. The number of hydrogen-bond acceptors (Lipinski definition) is 4. The van der Waals surface area contributed by atoms with E-state index in [-0.39, 0.29) is 24.8 Å². The predicted octanol–water partition coefficient (Wildman–Crippen LogP) is 4.55. The maximum Gasteiger partial charge on any atom is 0.255 e. The van der Waals surface area contributed by atoms with Crippen LogP contribution >= 0.6 is 23.2 Å². The van der Waals surface area contributed by atoms with Crippen LogP contribution in [-0.4, -0.2) is 21.4 Å². The van der Waals surface area contributed by atoms with Gasteiger partial charge in [0.1, 0.15) is 12.4 Å². The molecule has 0 aliphatic rings. The topological polar surface area (TPSA) is 84.5 Å². The fourth-order valence-corrected chi connectivity index (χ4v) is 4.14. The van der Waals surface area contributed by atoms with Gasteiger partial charge in [0, 0.05) is 22.2 Å². The van der Waals surface area contributed by atoms with E-state index in [2.05, 4.69) is 10.0 Å². The van der Waals surface area contributed by atoms with E-state index < -0.39 is 10.0 Å². The number of carbonyl (C=O) groups is 1. The molecule has 0 fully saturated rings. The summed E-state index contributed by atoms with van der Waals surface area (Å²) >= 11 is 12.1. The van der Waals surface area contributed by atoms with E-state index in [0.717, 1.165) is 11.1 Å². The van der Waals surface area contributed by atoms with Crippen LogP contribution < -0.4 is 14.8 Å². The molecule has 3 rings (SSSR count). The quantitative estimate of drug-likeness (QED) is 0.458. The molecule has 0 aliphatic carbocycles. The van der Waals surface area contributed by atoms with Gasteiger partial charge in [-0.3, -0.25) is 4.79 Å². The number of carbonyl (C=O) groups excluding carboxylic acids is 1. The molecule has 0 heterocycles. The van der Waals surface area contributed by atoms with Gasteiger partial charge in [-0.05, 0) is 42.4 Å². The molecule has 0 bridgehead atoms. The van der Waals surface area contributed by atoms with E-state index in [1.807, 2.05) is 0 Å². The molecule has 0 saturated heterocycles. The van der Waals surface area contributed by atoms with Crippen LogP contribution in [0.5, 0.6) is 5.75 Å². The minimum atomic E-state index is -3.33. The Morgan fingerprint density at radius 2 is 1.66 bits per heavy atom. The molecule has 3 aromatic carbocycles. The average molecular weight is 493 g/mol. The molecule has 0 saturated carbocycles. The molecule has 0 aliphatic heterocycles. The predicted molar refractivity (Wildman–Crippen MR) is 127 cm³/mol. The standard InChI is InChI=1S/C23H22Cl2N2O4S/c1-26-32(29,30)15-17-8-6-16(7-9-17)13-27-23(28)20-4-2-3-5-22(20)31-14-18-10-11-19(24)12-21(18)25/h2-12,26H,13-15H2,1H3,(H,27,28). The minimum Gasteiger partial charge on any atom is -0.488 e. The van der Waals surface area contributed by atoms with Gasteiger partial charge in [0.25, 0.3) is 5.91 Å². The van der Waals surface area contributed by atoms with E-state index in [4.69, 9.17) is 27.9 Å². The van der Waals surface area contributed by atoms with E-state index >= 15 is 0 Å². The van der Waals surface area contributed by atoms with Gasteiger partial charge in [-0.15, -0.1) is 0 Å². The Bertz CT molecular complexity index is 1200. The molecule has 0 radical (unpaired) electrons. The lowest BCUT2D eigenvalue weighted by molar-refractivity contribution is 0.0946. The second-order valence-corrected chi connectivity index (χ2v) is 9.75. The number of halogens is 2. The lowest BCUT2D eigenvalue weighted by Crippen LogP contribution is -2.23. The van der Waals surface area contributed by atoms with Crippen molar-refractivity contribution in [1.29, 1.82) is 0 Å². The second kappa shape index (κ2) is 10.8. The third-order valence-electron chi connectivity index (χ3n) is 4.67. The Labute approximate surface area is 197 Å². The van der Waals surface area contributed by atoms with Crippen LogP contribution in [0.4, 0.5) is 0 Å². The Morgan fingerprint density at radius 1 is 0.969 bits per heavy atom. The highest BCUT2D eigenvalue weighted by Gasteiger charge is 2.13. The minimum absolute atomic E-state index is 0.0987. The number of rotatable bonds is 9. The summed E-state index contributed by atoms with van der Waals surface area (Å²) in [6.45, 7) is 0.479. The van der Waals surface area contributed by atoms with Crippen LogP contribution in [0.1, 0.15) is 27.0 Å². The summed E-state index contributed by atoms with van der Waals surface area (Å²) in [5.41, 5.74) is 2.66. The molecule has 1 amide bonds. The first-order valence-corrected chi connectivity index (χ1v) is 12.1. The van der Waals surface area contributed by atoms with Crippen LogP contribution in [-0.2, 0) is 28.9 Å². The van der Waals surface area contributed by atoms with E-state index in [9.17, 15) is 13.2 Å². The highest BCUT2D eigenvalue weighted by atomic mass is 35.5. The Balaban J connectivity index is 1.62. The van der Waals surface area contributed by atoms with Crippen molar-refractivity contribution in [2.24, 2.45) is 0 Å². The molecule has 32 heavy (non-hydrogen) atoms. The molecule has 0 aromatic heterocycles. The van der Waals surface area contributed by atoms with Crippen LogP contribution in [0.3, 0.4) is 0 Å². The van der Waals surface area contributed by atoms with Gasteiger partial charge >= 0.3 is 0 Å². The highest BCUT2D eigenvalue weighted by Crippen LogP contribution is 2.24. The van der Waals surface area contributed by atoms with Gasteiger partial charge in [-0.2, -0.15) is 0 Å². The van der Waals surface area contributed by atoms with Crippen molar-refractivity contribution in [3.63, 3.8) is 0 Å². The van der Waals surface area contributed by atoms with Gasteiger partial charge in [-0.25, -0.2) is 13.1 Å². The smallest absolute Gasteiger partial charge is 0.255 e. The van der Waals surface area contributed by atoms with E-state index in [1.54, 1.807) is 66.7 Å². The summed E-state index contributed by atoms with van der Waals surface area (Å²) < 4.78 is 31.4. The number of ether oxygens (including phenoxy) is 1. The maximum atomic E-state index is 12.7. The number of amides is 1. The zero-order chi connectivity index (χ0) is 23.1. The van der Waals surface area contributed by atoms with Crippen molar-refractivity contribution in [3.8, 4) is 5.75 Å². The first-order chi connectivity index (χ1) is 15.3. The molecule has 2 N–H and O–H groups in total. The largest absolute Gasteiger partial charge is 0.488 e. The van der Waals surface area contributed by atoms with Crippen LogP contribution in [0.25, 0.3) is 0 Å². The van der Waals surface area contributed by atoms with E-state index in [0.29, 0.717) is 26.9 Å². The number of sulfonamides is 1. The zero-order valence-electron chi connectivity index (χ0n) is 17.3. The summed E-state index contributed by atoms with van der Waals surface area (Å²) in [6.07, 6.45) is 0. The van der Waals surface area contributed by atoms with Crippen molar-refractivity contribution in [1.82, 2.24) is 10.0 Å². The lowest BCUT2D eigenvalue weighted by Gasteiger charge is -2.13. The van der Waals surface area contributed by atoms with Gasteiger partial charge in [-0.1, -0.05) is 65.7 Å². The van der Waals surface area contributed by atoms with Crippen molar-refractivity contribution in [3.05, 3.63) is 99.0 Å². The van der Waals surface area contributed by atoms with Crippen LogP contribution in [0, 0.1) is 0 Å². The highest BCUT2D eigenvalue weighted by molar-refractivity contribution is 7.88. The Kier molecular flexibility index (Phi) is 8.15. The second-order valence-electron chi connectivity index (χ2n) is 6.98. The van der Waals surface area contributed by atoms with Gasteiger partial charge in [0.15, 0.2) is 0 Å². The first-order valence-electron chi connectivity index (χ1n) is 9.70. The number of nitrogens with one attached hydrogen (secondary N) is 2. The number of hydrogen-bond donors (Lipinski definition) is 2. The molecule has 168 valence electrons. The number of benzene rings is 3. The van der Waals surface area contributed by atoms with Gasteiger partial charge in [0.2, 0.25) is 10.0 Å². The van der Waals surface area contributed by atoms with Crippen LogP contribution in [0.2, 0.25) is 10.0 Å². The van der Waals surface area contributed by atoms with Gasteiger partial charge < -0.3 is 10.1 Å². The molecule has 6 nitrogen and oxygen atoms in total. The monoisotopic (exact) mass is 492 g/mol. The summed E-state index contributed by atoms with van der Waals surface area (Å²) in [6, 6.07) is 19.1. The van der Waals surface area contributed by atoms with Crippen LogP contribution in [0.15, 0.2) is 66.7 Å². The first kappa shape index (κ1) is 24.1. The van der Waals surface area contributed by atoms with Crippen molar-refractivity contribution in [2.75, 3.05) is 7.05 Å². The maximum absolute atomic E-state index is 12.7. The van der Waals surface area contributed by atoms with E-state index in [1.165, 1.54) is 7.05 Å². The third-order valence-corrected chi connectivity index (χ3v) is 6.60. The third kappa shape index (κ3) is 6.71. The molecule has 0 atom stereocenters. The summed E-state index contributed by atoms with van der Waals surface area (Å²) in [7, 11) is -1.95. The zero-order valence-corrected chi connectivity index (χ0v) is 19.6. The lowest BCUT2D eigenvalue weighted by atomic mass is 10.1. The molecule has 0 unspecified atom stereocenters. The Hall–Kier alpha value is -2.58. The summed E-state index contributed by atoms with van der Waals surface area (Å²) in [4.78, 5) is 12.7. The molecular formula is C23H22Cl2N2O4S. The SMILES string of the molecule is CNS(=O)(=O)Cc1ccc(CNC(=O)c2ccccc2OCc2ccc(Cl)cc2Cl)cc1.